The molecule has 1 aliphatic rings. The Hall–Kier alpha value is -2.57. The number of likely N-dealkylation sites (tertiary alicyclic amines) is 1. The lowest BCUT2D eigenvalue weighted by atomic mass is 10.0. The summed E-state index contributed by atoms with van der Waals surface area (Å²) >= 11 is 1.53. The highest BCUT2D eigenvalue weighted by Crippen LogP contribution is 2.25. The van der Waals surface area contributed by atoms with Crippen molar-refractivity contribution >= 4 is 29.8 Å². The first-order valence-corrected chi connectivity index (χ1v) is 12.0. The van der Waals surface area contributed by atoms with Crippen LogP contribution in [0.5, 0.6) is 0 Å². The largest absolute Gasteiger partial charge is 0.384 e. The summed E-state index contributed by atoms with van der Waals surface area (Å²) in [6, 6.07) is 13.7. The van der Waals surface area contributed by atoms with Crippen molar-refractivity contribution in [3.8, 4) is 0 Å². The van der Waals surface area contributed by atoms with E-state index in [1.54, 1.807) is 0 Å². The fourth-order valence-corrected chi connectivity index (χ4v) is 4.71. The molecule has 0 aromatic heterocycles. The number of rotatable bonds is 8. The van der Waals surface area contributed by atoms with Crippen LogP contribution < -0.4 is 10.5 Å². The predicted octanol–water partition coefficient (Wildman–Crippen LogP) is 4.92. The molecule has 5 nitrogen and oxygen atoms in total. The number of piperidine rings is 1. The first-order chi connectivity index (χ1) is 15.3. The van der Waals surface area contributed by atoms with Crippen LogP contribution in [0.3, 0.4) is 0 Å². The van der Waals surface area contributed by atoms with Gasteiger partial charge in [0.2, 0.25) is 5.91 Å². The van der Waals surface area contributed by atoms with Crippen LogP contribution in [0, 0.1) is 12.3 Å². The number of hydrogen-bond donors (Lipinski definition) is 3. The van der Waals surface area contributed by atoms with Gasteiger partial charge in [0.1, 0.15) is 11.9 Å². The van der Waals surface area contributed by atoms with E-state index < -0.39 is 0 Å². The molecule has 0 radical (unpaired) electrons. The van der Waals surface area contributed by atoms with Crippen molar-refractivity contribution in [1.82, 2.24) is 9.62 Å². The van der Waals surface area contributed by atoms with E-state index in [1.807, 2.05) is 29.2 Å². The highest BCUT2D eigenvalue weighted by atomic mass is 32.2. The van der Waals surface area contributed by atoms with Gasteiger partial charge in [0.15, 0.2) is 0 Å². The molecule has 0 aliphatic carbocycles. The smallest absolute Gasteiger partial charge is 0.240 e. The minimum Gasteiger partial charge on any atom is -0.384 e. The predicted molar refractivity (Wildman–Crippen MR) is 135 cm³/mol. The van der Waals surface area contributed by atoms with E-state index in [4.69, 9.17) is 11.1 Å². The molecular formula is C26H34N4OS. The number of nitrogen functional groups attached to an aromatic ring is 1. The summed E-state index contributed by atoms with van der Waals surface area (Å²) in [4.78, 5) is 16.5. The standard InChI is InChI=1S/C26H34N4OS/c1-18(2)15-22-16-19(3)7-12-24(22)32-29-23(26(31)30-13-5-4-6-14-30)17-20-8-10-21(11-9-20)25(27)28/h7-12,15-16,23,29H,4-6,13-14,17H2,1-3H3,(H3,27,28). The molecule has 2 aromatic carbocycles. The Morgan fingerprint density at radius 2 is 1.84 bits per heavy atom. The van der Waals surface area contributed by atoms with E-state index in [0.29, 0.717) is 12.0 Å². The third kappa shape index (κ3) is 6.71. The van der Waals surface area contributed by atoms with Gasteiger partial charge < -0.3 is 10.6 Å². The van der Waals surface area contributed by atoms with E-state index >= 15 is 0 Å². The number of amidine groups is 1. The van der Waals surface area contributed by atoms with E-state index in [-0.39, 0.29) is 17.8 Å². The Labute approximate surface area is 196 Å². The van der Waals surface area contributed by atoms with E-state index in [1.165, 1.54) is 29.5 Å². The maximum atomic E-state index is 13.4. The fourth-order valence-electron chi connectivity index (χ4n) is 3.89. The molecular weight excluding hydrogens is 416 g/mol. The number of aryl methyl sites for hydroxylation is 1. The number of carbonyl (C=O) groups excluding carboxylic acids is 1. The van der Waals surface area contributed by atoms with Crippen molar-refractivity contribution in [2.24, 2.45) is 5.73 Å². The molecule has 1 saturated heterocycles. The Morgan fingerprint density at radius 3 is 2.47 bits per heavy atom. The zero-order valence-corrected chi connectivity index (χ0v) is 20.1. The SMILES string of the molecule is CC(C)=Cc1cc(C)ccc1SNC(Cc1ccc(C(=N)N)cc1)C(=O)N1CCCCC1. The van der Waals surface area contributed by atoms with Gasteiger partial charge in [-0.25, -0.2) is 4.72 Å². The Balaban J connectivity index is 1.80. The summed E-state index contributed by atoms with van der Waals surface area (Å²) in [6.07, 6.45) is 6.10. The second-order valence-electron chi connectivity index (χ2n) is 8.74. The Bertz CT molecular complexity index is 974. The lowest BCUT2D eigenvalue weighted by Gasteiger charge is -2.31. The maximum Gasteiger partial charge on any atom is 0.240 e. The van der Waals surface area contributed by atoms with E-state index in [2.05, 4.69) is 49.8 Å². The number of nitrogens with two attached hydrogens (primary N) is 1. The van der Waals surface area contributed by atoms with Crippen molar-refractivity contribution in [3.05, 3.63) is 70.3 Å². The van der Waals surface area contributed by atoms with Gasteiger partial charge in [-0.2, -0.15) is 0 Å². The maximum absolute atomic E-state index is 13.4. The zero-order valence-electron chi connectivity index (χ0n) is 19.3. The molecule has 1 fully saturated rings. The number of nitrogens with zero attached hydrogens (tertiary/aromatic N) is 1. The van der Waals surface area contributed by atoms with Crippen LogP contribution in [-0.2, 0) is 11.2 Å². The molecule has 1 amide bonds. The van der Waals surface area contributed by atoms with Gasteiger partial charge in [-0.1, -0.05) is 53.6 Å². The Morgan fingerprint density at radius 1 is 1.16 bits per heavy atom. The number of benzene rings is 2. The average Bonchev–Trinajstić information content (AvgIpc) is 2.77. The van der Waals surface area contributed by atoms with Crippen molar-refractivity contribution in [3.63, 3.8) is 0 Å². The lowest BCUT2D eigenvalue weighted by molar-refractivity contribution is -0.133. The minimum absolute atomic E-state index is 0.0531. The molecule has 4 N–H and O–H groups in total. The van der Waals surface area contributed by atoms with Crippen molar-refractivity contribution < 1.29 is 4.79 Å². The fraction of sp³-hybridized carbons (Fsp3) is 0.385. The third-order valence-electron chi connectivity index (χ3n) is 5.59. The summed E-state index contributed by atoms with van der Waals surface area (Å²) in [5.41, 5.74) is 10.9. The molecule has 0 saturated carbocycles. The molecule has 1 heterocycles. The summed E-state index contributed by atoms with van der Waals surface area (Å²) in [6.45, 7) is 7.95. The number of nitrogens with one attached hydrogen (secondary N) is 2. The molecule has 0 spiro atoms. The molecule has 6 heteroatoms. The van der Waals surface area contributed by atoms with Crippen molar-refractivity contribution in [1.29, 1.82) is 5.41 Å². The van der Waals surface area contributed by atoms with Crippen LogP contribution in [0.1, 0.15) is 55.4 Å². The topological polar surface area (TPSA) is 82.2 Å². The lowest BCUT2D eigenvalue weighted by Crippen LogP contribution is -2.47. The van der Waals surface area contributed by atoms with Gasteiger partial charge in [-0.15, -0.1) is 0 Å². The second kappa shape index (κ2) is 11.3. The van der Waals surface area contributed by atoms with Gasteiger partial charge in [0, 0.05) is 23.5 Å². The number of hydrogen-bond acceptors (Lipinski definition) is 4. The summed E-state index contributed by atoms with van der Waals surface area (Å²) < 4.78 is 3.48. The highest BCUT2D eigenvalue weighted by Gasteiger charge is 2.26. The monoisotopic (exact) mass is 450 g/mol. The molecule has 0 bridgehead atoms. The average molecular weight is 451 g/mol. The summed E-state index contributed by atoms with van der Waals surface area (Å²) in [5, 5.41) is 7.59. The van der Waals surface area contributed by atoms with E-state index in [0.717, 1.165) is 42.0 Å². The second-order valence-corrected chi connectivity index (χ2v) is 9.62. The zero-order chi connectivity index (χ0) is 23.1. The van der Waals surface area contributed by atoms with Gasteiger partial charge in [0.05, 0.1) is 0 Å². The van der Waals surface area contributed by atoms with Crippen LogP contribution in [0.4, 0.5) is 0 Å². The minimum atomic E-state index is -0.331. The van der Waals surface area contributed by atoms with Crippen LogP contribution in [0.25, 0.3) is 6.08 Å². The number of allylic oxidation sites excluding steroid dienone is 1. The van der Waals surface area contributed by atoms with E-state index in [9.17, 15) is 4.79 Å². The number of carbonyl (C=O) groups is 1. The van der Waals surface area contributed by atoms with Gasteiger partial charge in [-0.3, -0.25) is 10.2 Å². The molecule has 1 unspecified atom stereocenters. The molecule has 3 rings (SSSR count). The molecule has 2 aromatic rings. The van der Waals surface area contributed by atoms with Crippen LogP contribution in [0.2, 0.25) is 0 Å². The molecule has 1 atom stereocenters. The Kier molecular flexibility index (Phi) is 8.53. The molecule has 170 valence electrons. The normalized spacial score (nSPS) is 14.7. The van der Waals surface area contributed by atoms with Crippen molar-refractivity contribution in [2.45, 2.75) is 57.4 Å². The molecule has 1 aliphatic heterocycles. The highest BCUT2D eigenvalue weighted by molar-refractivity contribution is 7.97. The molecule has 32 heavy (non-hydrogen) atoms. The van der Waals surface area contributed by atoms with Crippen LogP contribution >= 0.6 is 11.9 Å². The van der Waals surface area contributed by atoms with Crippen molar-refractivity contribution in [2.75, 3.05) is 13.1 Å². The van der Waals surface area contributed by atoms with Gasteiger partial charge >= 0.3 is 0 Å². The first-order valence-electron chi connectivity index (χ1n) is 11.2. The first kappa shape index (κ1) is 24.1. The van der Waals surface area contributed by atoms with Gasteiger partial charge in [0.25, 0.3) is 0 Å². The third-order valence-corrected chi connectivity index (χ3v) is 6.59. The summed E-state index contributed by atoms with van der Waals surface area (Å²) in [5.74, 6) is 0.209. The number of amides is 1. The van der Waals surface area contributed by atoms with Crippen LogP contribution in [-0.4, -0.2) is 35.8 Å². The van der Waals surface area contributed by atoms with Crippen LogP contribution in [0.15, 0.2) is 52.9 Å². The summed E-state index contributed by atoms with van der Waals surface area (Å²) in [7, 11) is 0. The van der Waals surface area contributed by atoms with Gasteiger partial charge in [-0.05, 0) is 75.6 Å². The quantitative estimate of drug-likeness (QED) is 0.303.